The molecule has 1 saturated carbocycles. The highest BCUT2D eigenvalue weighted by Gasteiger charge is 2.39. The van der Waals surface area contributed by atoms with E-state index in [2.05, 4.69) is 35.2 Å². The lowest BCUT2D eigenvalue weighted by Crippen LogP contribution is -2.36. The minimum absolute atomic E-state index is 0.797. The molecule has 1 aromatic rings. The van der Waals surface area contributed by atoms with Crippen LogP contribution in [0.2, 0.25) is 0 Å². The van der Waals surface area contributed by atoms with Crippen molar-refractivity contribution in [1.82, 2.24) is 4.90 Å². The molecule has 1 saturated heterocycles. The van der Waals surface area contributed by atoms with Gasteiger partial charge in [0.1, 0.15) is 0 Å². The van der Waals surface area contributed by atoms with E-state index in [-0.39, 0.29) is 0 Å². The minimum atomic E-state index is 0.797. The lowest BCUT2D eigenvalue weighted by molar-refractivity contribution is 0.0975. The predicted octanol–water partition coefficient (Wildman–Crippen LogP) is 3.15. The van der Waals surface area contributed by atoms with Crippen molar-refractivity contribution < 1.29 is 4.74 Å². The summed E-state index contributed by atoms with van der Waals surface area (Å²) >= 11 is 0. The van der Waals surface area contributed by atoms with Gasteiger partial charge in [-0.1, -0.05) is 30.3 Å². The summed E-state index contributed by atoms with van der Waals surface area (Å²) in [5, 5.41) is 0. The third kappa shape index (κ3) is 3.37. The third-order valence-electron chi connectivity index (χ3n) is 4.75. The van der Waals surface area contributed by atoms with Crippen LogP contribution in [0.4, 0.5) is 0 Å². The average molecular weight is 259 g/mol. The monoisotopic (exact) mass is 259 g/mol. The van der Waals surface area contributed by atoms with Crippen LogP contribution < -0.4 is 0 Å². The molecule has 0 N–H and O–H groups in total. The first-order valence-corrected chi connectivity index (χ1v) is 7.63. The molecule has 2 fully saturated rings. The maximum atomic E-state index is 5.27. The number of likely N-dealkylation sites (tertiary alicyclic amines) is 1. The average Bonchev–Trinajstić information content (AvgIpc) is 3.22. The molecule has 1 aliphatic heterocycles. The Bertz CT molecular complexity index is 384. The number of rotatable bonds is 5. The smallest absolute Gasteiger partial charge is 0.0491 e. The molecule has 3 rings (SSSR count). The summed E-state index contributed by atoms with van der Waals surface area (Å²) in [6.07, 6.45) is 4.02. The lowest BCUT2D eigenvalue weighted by Gasteiger charge is -2.31. The largest absolute Gasteiger partial charge is 0.384 e. The van der Waals surface area contributed by atoms with Crippen LogP contribution in [-0.4, -0.2) is 38.3 Å². The summed E-state index contributed by atoms with van der Waals surface area (Å²) in [5.41, 5.74) is 1.54. The molecular weight excluding hydrogens is 234 g/mol. The number of ether oxygens (including phenoxy) is 1. The van der Waals surface area contributed by atoms with Crippen molar-refractivity contribution >= 4 is 0 Å². The molecule has 0 amide bonds. The maximum Gasteiger partial charge on any atom is 0.0491 e. The molecule has 2 nitrogen and oxygen atoms in total. The highest BCUT2D eigenvalue weighted by Crippen LogP contribution is 2.47. The van der Waals surface area contributed by atoms with E-state index in [0.29, 0.717) is 0 Å². The Morgan fingerprint density at radius 2 is 1.89 bits per heavy atom. The zero-order chi connectivity index (χ0) is 13.1. The van der Waals surface area contributed by atoms with Crippen molar-refractivity contribution in [3.63, 3.8) is 0 Å². The van der Waals surface area contributed by atoms with Crippen LogP contribution in [0, 0.1) is 11.8 Å². The normalized spacial score (nSPS) is 28.5. The zero-order valence-corrected chi connectivity index (χ0v) is 11.9. The van der Waals surface area contributed by atoms with E-state index < -0.39 is 0 Å². The molecule has 1 aromatic carbocycles. The van der Waals surface area contributed by atoms with E-state index in [1.807, 2.05) is 7.11 Å². The Morgan fingerprint density at radius 1 is 1.16 bits per heavy atom. The van der Waals surface area contributed by atoms with Crippen molar-refractivity contribution in [2.24, 2.45) is 11.8 Å². The quantitative estimate of drug-likeness (QED) is 0.805. The molecule has 0 radical (unpaired) electrons. The van der Waals surface area contributed by atoms with Gasteiger partial charge in [0.15, 0.2) is 0 Å². The third-order valence-corrected chi connectivity index (χ3v) is 4.75. The first-order valence-electron chi connectivity index (χ1n) is 7.63. The minimum Gasteiger partial charge on any atom is -0.384 e. The van der Waals surface area contributed by atoms with Crippen LogP contribution >= 0.6 is 0 Å². The second-order valence-corrected chi connectivity index (χ2v) is 6.21. The molecule has 0 spiro atoms. The topological polar surface area (TPSA) is 12.5 Å². The van der Waals surface area contributed by atoms with Gasteiger partial charge in [0.2, 0.25) is 0 Å². The summed E-state index contributed by atoms with van der Waals surface area (Å²) in [4.78, 5) is 2.67. The number of piperidine rings is 1. The Morgan fingerprint density at radius 3 is 2.58 bits per heavy atom. The summed E-state index contributed by atoms with van der Waals surface area (Å²) in [6, 6.07) is 11.0. The van der Waals surface area contributed by atoms with Gasteiger partial charge in [-0.25, -0.2) is 0 Å². The molecule has 2 atom stereocenters. The molecule has 0 aromatic heterocycles. The molecular formula is C17H25NO. The number of nitrogens with zero attached hydrogens (tertiary/aromatic N) is 1. The van der Waals surface area contributed by atoms with Gasteiger partial charge >= 0.3 is 0 Å². The number of hydrogen-bond donors (Lipinski definition) is 0. The standard InChI is InChI=1S/C17H25NO/c1-19-13-14-7-9-18(10-8-14)12-16-11-17(16)15-5-3-2-4-6-15/h2-6,14,16-17H,7-13H2,1H3/t16-,17-/m0/s1. The van der Waals surface area contributed by atoms with Gasteiger partial charge in [-0.3, -0.25) is 0 Å². The first-order chi connectivity index (χ1) is 9.36. The molecule has 104 valence electrons. The summed E-state index contributed by atoms with van der Waals surface area (Å²) < 4.78 is 5.27. The highest BCUT2D eigenvalue weighted by atomic mass is 16.5. The van der Waals surface area contributed by atoms with Crippen molar-refractivity contribution in [1.29, 1.82) is 0 Å². The van der Waals surface area contributed by atoms with E-state index in [1.165, 1.54) is 38.9 Å². The summed E-state index contributed by atoms with van der Waals surface area (Å²) in [6.45, 7) is 4.79. The second kappa shape index (κ2) is 6.06. The first kappa shape index (κ1) is 13.1. The van der Waals surface area contributed by atoms with Crippen LogP contribution in [0.1, 0.15) is 30.7 Å². The van der Waals surface area contributed by atoms with Crippen molar-refractivity contribution in [2.75, 3.05) is 33.4 Å². The number of methoxy groups -OCH3 is 1. The predicted molar refractivity (Wildman–Crippen MR) is 78.3 cm³/mol. The molecule has 19 heavy (non-hydrogen) atoms. The fourth-order valence-corrected chi connectivity index (χ4v) is 3.46. The zero-order valence-electron chi connectivity index (χ0n) is 11.9. The Balaban J connectivity index is 1.42. The van der Waals surface area contributed by atoms with E-state index in [0.717, 1.165) is 24.4 Å². The Kier molecular flexibility index (Phi) is 4.19. The van der Waals surface area contributed by atoms with Crippen LogP contribution in [0.5, 0.6) is 0 Å². The lowest BCUT2D eigenvalue weighted by atomic mass is 9.97. The number of hydrogen-bond acceptors (Lipinski definition) is 2. The molecule has 0 bridgehead atoms. The van der Waals surface area contributed by atoms with E-state index in [1.54, 1.807) is 5.56 Å². The van der Waals surface area contributed by atoms with Gasteiger partial charge in [0.05, 0.1) is 0 Å². The van der Waals surface area contributed by atoms with Crippen molar-refractivity contribution in [3.8, 4) is 0 Å². The molecule has 1 heterocycles. The van der Waals surface area contributed by atoms with Crippen LogP contribution in [0.25, 0.3) is 0 Å². The van der Waals surface area contributed by atoms with Gasteiger partial charge in [-0.05, 0) is 55.7 Å². The van der Waals surface area contributed by atoms with Crippen LogP contribution in [0.15, 0.2) is 30.3 Å². The summed E-state index contributed by atoms with van der Waals surface area (Å²) in [7, 11) is 1.82. The van der Waals surface area contributed by atoms with Gasteiger partial charge in [-0.15, -0.1) is 0 Å². The fourth-order valence-electron chi connectivity index (χ4n) is 3.46. The van der Waals surface area contributed by atoms with E-state index in [9.17, 15) is 0 Å². The van der Waals surface area contributed by atoms with Gasteiger partial charge in [-0.2, -0.15) is 0 Å². The second-order valence-electron chi connectivity index (χ2n) is 6.21. The van der Waals surface area contributed by atoms with Crippen LogP contribution in [-0.2, 0) is 4.74 Å². The molecule has 2 aliphatic rings. The molecule has 2 heteroatoms. The van der Waals surface area contributed by atoms with E-state index >= 15 is 0 Å². The van der Waals surface area contributed by atoms with Gasteiger partial charge in [0.25, 0.3) is 0 Å². The van der Waals surface area contributed by atoms with Gasteiger partial charge in [0, 0.05) is 20.3 Å². The Labute approximate surface area is 116 Å². The Hall–Kier alpha value is -0.860. The highest BCUT2D eigenvalue weighted by molar-refractivity contribution is 5.25. The van der Waals surface area contributed by atoms with Crippen LogP contribution in [0.3, 0.4) is 0 Å². The maximum absolute atomic E-state index is 5.27. The number of benzene rings is 1. The fraction of sp³-hybridized carbons (Fsp3) is 0.647. The van der Waals surface area contributed by atoms with E-state index in [4.69, 9.17) is 4.74 Å². The summed E-state index contributed by atoms with van der Waals surface area (Å²) in [5.74, 6) is 2.53. The molecule has 0 unspecified atom stereocenters. The van der Waals surface area contributed by atoms with Gasteiger partial charge < -0.3 is 9.64 Å². The van der Waals surface area contributed by atoms with Crippen molar-refractivity contribution in [3.05, 3.63) is 35.9 Å². The molecule has 1 aliphatic carbocycles. The SMILES string of the molecule is COCC1CCN(C[C@@H]2C[C@H]2c2ccccc2)CC1. The van der Waals surface area contributed by atoms with Crippen molar-refractivity contribution in [2.45, 2.75) is 25.2 Å².